The molecule has 9 nitrogen and oxygen atoms in total. The van der Waals surface area contributed by atoms with Gasteiger partial charge in [-0.2, -0.15) is 0 Å². The van der Waals surface area contributed by atoms with Gasteiger partial charge in [0.05, 0.1) is 18.0 Å². The van der Waals surface area contributed by atoms with Gasteiger partial charge in [-0.15, -0.1) is 0 Å². The molecule has 1 aliphatic rings. The Labute approximate surface area is 262 Å². The summed E-state index contributed by atoms with van der Waals surface area (Å²) in [4.78, 5) is 39.7. The van der Waals surface area contributed by atoms with Crippen molar-refractivity contribution in [2.45, 2.75) is 71.1 Å². The fraction of sp³-hybridized carbons (Fsp3) is 0.441. The highest BCUT2D eigenvalue weighted by molar-refractivity contribution is 5.84. The lowest BCUT2D eigenvalue weighted by Crippen LogP contribution is -2.50. The van der Waals surface area contributed by atoms with Crippen molar-refractivity contribution >= 4 is 17.7 Å². The second kappa shape index (κ2) is 14.3. The normalized spacial score (nSPS) is 17.9. The summed E-state index contributed by atoms with van der Waals surface area (Å²) in [6, 6.07) is 12.5. The first-order valence-electron chi connectivity index (χ1n) is 15.2. The van der Waals surface area contributed by atoms with Crippen molar-refractivity contribution in [1.29, 1.82) is 0 Å². The van der Waals surface area contributed by atoms with E-state index in [1.807, 2.05) is 55.7 Å². The van der Waals surface area contributed by atoms with Gasteiger partial charge in [-0.3, -0.25) is 14.4 Å². The summed E-state index contributed by atoms with van der Waals surface area (Å²) in [6.07, 6.45) is 3.80. The van der Waals surface area contributed by atoms with Crippen LogP contribution < -0.4 is 16.8 Å². The van der Waals surface area contributed by atoms with Gasteiger partial charge < -0.3 is 31.4 Å². The average Bonchev–Trinajstić information content (AvgIpc) is 3.62. The molecule has 2 aromatic carbocycles. The number of carbonyl (C=O) groups is 3. The molecule has 0 radical (unpaired) electrons. The molecule has 3 amide bonds. The minimum Gasteiger partial charge on any atom is -0.387 e. The Hall–Kier alpha value is -4.09. The Morgan fingerprint density at radius 1 is 1.09 bits per heavy atom. The van der Waals surface area contributed by atoms with Crippen LogP contribution in [0.5, 0.6) is 0 Å². The third kappa shape index (κ3) is 8.15. The van der Waals surface area contributed by atoms with E-state index < -0.39 is 59.4 Å². The lowest BCUT2D eigenvalue weighted by molar-refractivity contribution is -0.140. The number of hydrogen-bond acceptors (Lipinski definition) is 5. The first-order valence-corrected chi connectivity index (χ1v) is 15.2. The molecule has 0 spiro atoms. The summed E-state index contributed by atoms with van der Waals surface area (Å²) >= 11 is 0. The van der Waals surface area contributed by atoms with Crippen LogP contribution in [0.2, 0.25) is 0 Å². The summed E-state index contributed by atoms with van der Waals surface area (Å²) in [7, 11) is 0. The number of rotatable bonds is 12. The minimum atomic E-state index is -0.998. The number of amides is 3. The van der Waals surface area contributed by atoms with Crippen molar-refractivity contribution in [3.63, 3.8) is 0 Å². The zero-order chi connectivity index (χ0) is 32.9. The van der Waals surface area contributed by atoms with Gasteiger partial charge in [0.2, 0.25) is 17.7 Å². The van der Waals surface area contributed by atoms with E-state index in [0.717, 1.165) is 30.2 Å². The van der Waals surface area contributed by atoms with Crippen LogP contribution in [0.3, 0.4) is 0 Å². The van der Waals surface area contributed by atoms with E-state index in [-0.39, 0.29) is 24.6 Å². The fourth-order valence-corrected chi connectivity index (χ4v) is 6.27. The number of aliphatic hydroxyl groups is 1. The van der Waals surface area contributed by atoms with Crippen LogP contribution in [0.15, 0.2) is 60.8 Å². The molecule has 0 unspecified atom stereocenters. The lowest BCUT2D eigenvalue weighted by Gasteiger charge is -2.41. The summed E-state index contributed by atoms with van der Waals surface area (Å²) < 4.78 is 31.1. The molecule has 6 N–H and O–H groups in total. The smallest absolute Gasteiger partial charge is 0.248 e. The van der Waals surface area contributed by atoms with Crippen LogP contribution in [-0.2, 0) is 20.9 Å². The van der Waals surface area contributed by atoms with Crippen LogP contribution in [0.25, 0.3) is 11.1 Å². The molecule has 11 heteroatoms. The molecular weight excluding hydrogens is 580 g/mol. The predicted octanol–water partition coefficient (Wildman–Crippen LogP) is 3.88. The third-order valence-corrected chi connectivity index (χ3v) is 8.46. The fourth-order valence-electron chi connectivity index (χ4n) is 6.27. The van der Waals surface area contributed by atoms with Crippen LogP contribution in [-0.4, -0.2) is 57.5 Å². The van der Waals surface area contributed by atoms with E-state index >= 15 is 0 Å². The highest BCUT2D eigenvalue weighted by Crippen LogP contribution is 2.41. The Balaban J connectivity index is 1.69. The van der Waals surface area contributed by atoms with Crippen molar-refractivity contribution in [2.75, 3.05) is 13.2 Å². The van der Waals surface area contributed by atoms with Gasteiger partial charge in [0, 0.05) is 42.1 Å². The number of benzene rings is 2. The van der Waals surface area contributed by atoms with Gasteiger partial charge in [-0.25, -0.2) is 8.78 Å². The summed E-state index contributed by atoms with van der Waals surface area (Å²) in [5, 5.41) is 12.9. The molecule has 3 aromatic rings. The van der Waals surface area contributed by atoms with Crippen LogP contribution in [0, 0.1) is 23.0 Å². The maximum absolute atomic E-state index is 14.9. The summed E-state index contributed by atoms with van der Waals surface area (Å²) in [5.74, 6) is -3.11. The third-order valence-electron chi connectivity index (χ3n) is 8.46. The minimum absolute atomic E-state index is 0.0278. The number of halogens is 2. The van der Waals surface area contributed by atoms with Gasteiger partial charge >= 0.3 is 0 Å². The Kier molecular flexibility index (Phi) is 10.8. The highest BCUT2D eigenvalue weighted by Gasteiger charge is 2.38. The van der Waals surface area contributed by atoms with Gasteiger partial charge in [-0.05, 0) is 54.5 Å². The average molecular weight is 624 g/mol. The molecule has 242 valence electrons. The van der Waals surface area contributed by atoms with Crippen LogP contribution in [0.4, 0.5) is 8.78 Å². The van der Waals surface area contributed by atoms with Gasteiger partial charge in [0.15, 0.2) is 0 Å². The second-order valence-corrected chi connectivity index (χ2v) is 12.9. The van der Waals surface area contributed by atoms with Crippen LogP contribution in [0.1, 0.15) is 63.8 Å². The number of aromatic nitrogens is 1. The molecular formula is C34H43F2N5O4. The number of nitrogens with one attached hydrogen (secondary N) is 1. The van der Waals surface area contributed by atoms with E-state index in [4.69, 9.17) is 11.5 Å². The van der Waals surface area contributed by atoms with E-state index in [1.165, 1.54) is 4.90 Å². The molecule has 1 aromatic heterocycles. The quantitative estimate of drug-likeness (QED) is 0.242. The molecule has 0 bridgehead atoms. The number of aliphatic hydroxyl groups excluding tert-OH is 1. The van der Waals surface area contributed by atoms with Crippen molar-refractivity contribution in [1.82, 2.24) is 14.8 Å². The van der Waals surface area contributed by atoms with E-state index in [0.29, 0.717) is 30.6 Å². The van der Waals surface area contributed by atoms with Gasteiger partial charge in [-0.1, -0.05) is 57.5 Å². The number of nitrogens with two attached hydrogens (primary N) is 2. The van der Waals surface area contributed by atoms with Crippen molar-refractivity contribution in [2.24, 2.45) is 22.8 Å². The lowest BCUT2D eigenvalue weighted by atomic mass is 9.82. The molecule has 1 heterocycles. The maximum atomic E-state index is 14.9. The Morgan fingerprint density at radius 3 is 2.44 bits per heavy atom. The predicted molar refractivity (Wildman–Crippen MR) is 167 cm³/mol. The molecule has 1 saturated carbocycles. The molecule has 0 saturated heterocycles. The summed E-state index contributed by atoms with van der Waals surface area (Å²) in [6.45, 7) is 5.45. The van der Waals surface area contributed by atoms with Gasteiger partial charge in [0.1, 0.15) is 18.2 Å². The van der Waals surface area contributed by atoms with Crippen molar-refractivity contribution in [3.8, 4) is 11.1 Å². The SMILES string of the molecule is CC(C)(C)[C@H](c1cc(-c2cc(F)ccc2F)cn1Cc1ccccc1)N(CC[C@H](N)C(=O)N[C@H]1CCC[C@H]1C(N)=O)C(=O)CO. The number of hydrogen-bond donors (Lipinski definition) is 4. The zero-order valence-electron chi connectivity index (χ0n) is 26.0. The standard InChI is InChI=1S/C34H43F2N5O4/c1-34(2,3)31(41(30(43)20-42)15-14-27(37)33(45)39-28-11-7-10-24(28)32(38)44)29-16-22(25-17-23(35)12-13-26(25)36)19-40(29)18-21-8-5-4-6-9-21/h4-6,8-9,12-13,16-17,19,24,27-28,31,42H,7,10-11,14-15,18,20,37H2,1-3H3,(H2,38,44)(H,39,45)/t24-,27+,28+,31+/m1/s1. The molecule has 4 atom stereocenters. The van der Waals surface area contributed by atoms with Crippen molar-refractivity contribution in [3.05, 3.63) is 83.7 Å². The Morgan fingerprint density at radius 2 is 1.80 bits per heavy atom. The highest BCUT2D eigenvalue weighted by atomic mass is 19.1. The van der Waals surface area contributed by atoms with E-state index in [9.17, 15) is 28.3 Å². The first kappa shape index (κ1) is 33.8. The zero-order valence-corrected chi connectivity index (χ0v) is 26.0. The molecule has 1 aliphatic carbocycles. The number of nitrogens with zero attached hydrogens (tertiary/aromatic N) is 2. The molecule has 1 fully saturated rings. The maximum Gasteiger partial charge on any atom is 0.248 e. The molecule has 0 aliphatic heterocycles. The van der Waals surface area contributed by atoms with Crippen molar-refractivity contribution < 1.29 is 28.3 Å². The molecule has 45 heavy (non-hydrogen) atoms. The van der Waals surface area contributed by atoms with Gasteiger partial charge in [0.25, 0.3) is 0 Å². The van der Waals surface area contributed by atoms with E-state index in [2.05, 4.69) is 5.32 Å². The second-order valence-electron chi connectivity index (χ2n) is 12.9. The Bertz CT molecular complexity index is 1500. The summed E-state index contributed by atoms with van der Waals surface area (Å²) in [5.41, 5.74) is 13.3. The largest absolute Gasteiger partial charge is 0.387 e. The monoisotopic (exact) mass is 623 g/mol. The van der Waals surface area contributed by atoms with E-state index in [1.54, 1.807) is 12.3 Å². The first-order chi connectivity index (χ1) is 21.3. The number of carbonyl (C=O) groups excluding carboxylic acids is 3. The molecule has 4 rings (SSSR count). The van der Waals surface area contributed by atoms with Crippen LogP contribution >= 0.6 is 0 Å². The topological polar surface area (TPSA) is 144 Å². The number of primary amides is 1.